The average molecular weight is 371 g/mol. The zero-order chi connectivity index (χ0) is 18.7. The Balaban J connectivity index is 1.82. The second-order valence-corrected chi connectivity index (χ2v) is 7.74. The Morgan fingerprint density at radius 2 is 1.77 bits per heavy atom. The molecule has 1 aliphatic rings. The molecule has 1 heterocycles. The first-order valence-corrected chi connectivity index (χ1v) is 9.93. The third-order valence-corrected chi connectivity index (χ3v) is 5.65. The van der Waals surface area contributed by atoms with Crippen molar-refractivity contribution in [3.8, 4) is 0 Å². The molecule has 26 heavy (non-hydrogen) atoms. The predicted molar refractivity (Wildman–Crippen MR) is 100 cm³/mol. The van der Waals surface area contributed by atoms with Crippen molar-refractivity contribution in [3.05, 3.63) is 65.7 Å². The van der Waals surface area contributed by atoms with Crippen molar-refractivity contribution in [1.82, 2.24) is 9.62 Å². The Morgan fingerprint density at radius 3 is 2.46 bits per heavy atom. The highest BCUT2D eigenvalue weighted by molar-refractivity contribution is 7.90. The molecule has 1 N–H and O–H groups in total. The molecule has 0 aromatic heterocycles. The standard InChI is InChI=1S/C19H21N3O3S/c1-3-22(13-15-9-5-4-6-10-15)19(23)14(2)20-18-16-11-7-8-12-17(16)26(24,25)21-18/h4-12,14H,3,13H2,1-2H3,(H,20,21). The molecule has 0 spiro atoms. The van der Waals surface area contributed by atoms with Crippen LogP contribution in [-0.4, -0.2) is 37.6 Å². The highest BCUT2D eigenvalue weighted by Crippen LogP contribution is 2.22. The van der Waals surface area contributed by atoms with Gasteiger partial charge in [0.1, 0.15) is 11.9 Å². The molecule has 0 fully saturated rings. The molecule has 3 rings (SSSR count). The van der Waals surface area contributed by atoms with Crippen LogP contribution in [0, 0.1) is 0 Å². The molecule has 1 amide bonds. The minimum Gasteiger partial charge on any atom is -0.337 e. The van der Waals surface area contributed by atoms with E-state index in [0.29, 0.717) is 18.7 Å². The molecule has 136 valence electrons. The molecule has 0 radical (unpaired) electrons. The smallest absolute Gasteiger partial charge is 0.263 e. The van der Waals surface area contributed by atoms with Crippen LogP contribution in [0.25, 0.3) is 0 Å². The third kappa shape index (κ3) is 3.62. The van der Waals surface area contributed by atoms with E-state index in [1.165, 1.54) is 6.07 Å². The molecule has 0 saturated carbocycles. The minimum atomic E-state index is -3.61. The predicted octanol–water partition coefficient (Wildman–Crippen LogP) is 2.16. The fourth-order valence-corrected chi connectivity index (χ4v) is 4.13. The van der Waals surface area contributed by atoms with E-state index in [-0.39, 0.29) is 16.6 Å². The van der Waals surface area contributed by atoms with Gasteiger partial charge in [0.25, 0.3) is 10.0 Å². The first-order chi connectivity index (χ1) is 12.4. The van der Waals surface area contributed by atoms with Crippen LogP contribution in [0.3, 0.4) is 0 Å². The van der Waals surface area contributed by atoms with Gasteiger partial charge in [-0.1, -0.05) is 42.5 Å². The summed E-state index contributed by atoms with van der Waals surface area (Å²) in [7, 11) is -3.61. The van der Waals surface area contributed by atoms with Crippen molar-refractivity contribution < 1.29 is 13.2 Å². The lowest BCUT2D eigenvalue weighted by atomic mass is 10.2. The molecular formula is C19H21N3O3S. The van der Waals surface area contributed by atoms with Gasteiger partial charge in [-0.3, -0.25) is 14.5 Å². The summed E-state index contributed by atoms with van der Waals surface area (Å²) >= 11 is 0. The molecule has 2 aromatic rings. The number of amidine groups is 1. The lowest BCUT2D eigenvalue weighted by molar-refractivity contribution is -0.132. The van der Waals surface area contributed by atoms with Crippen LogP contribution in [0.5, 0.6) is 0 Å². The number of nitrogens with one attached hydrogen (secondary N) is 1. The van der Waals surface area contributed by atoms with E-state index in [9.17, 15) is 13.2 Å². The SMILES string of the molecule is CCN(Cc1ccccc1)C(=O)C(C)N=C1NS(=O)(=O)c2ccccc21. The Kier molecular flexibility index (Phi) is 5.08. The Morgan fingerprint density at radius 1 is 1.12 bits per heavy atom. The van der Waals surface area contributed by atoms with Crippen LogP contribution in [0.4, 0.5) is 0 Å². The number of rotatable bonds is 5. The lowest BCUT2D eigenvalue weighted by Crippen LogP contribution is -2.37. The molecule has 0 saturated heterocycles. The molecule has 1 aliphatic heterocycles. The van der Waals surface area contributed by atoms with E-state index in [2.05, 4.69) is 9.71 Å². The normalized spacial score (nSPS) is 17.4. The van der Waals surface area contributed by atoms with Gasteiger partial charge in [-0.2, -0.15) is 0 Å². The molecule has 0 bridgehead atoms. The number of benzene rings is 2. The van der Waals surface area contributed by atoms with Crippen LogP contribution in [-0.2, 0) is 21.4 Å². The van der Waals surface area contributed by atoms with Gasteiger partial charge in [0.2, 0.25) is 5.91 Å². The number of amides is 1. The molecule has 6 nitrogen and oxygen atoms in total. The second kappa shape index (κ2) is 7.29. The summed E-state index contributed by atoms with van der Waals surface area (Å²) in [4.78, 5) is 19.0. The number of carbonyl (C=O) groups is 1. The number of carbonyl (C=O) groups excluding carboxylic acids is 1. The summed E-state index contributed by atoms with van der Waals surface area (Å²) in [5, 5.41) is 0. The summed E-state index contributed by atoms with van der Waals surface area (Å²) in [6, 6.07) is 15.7. The van der Waals surface area contributed by atoms with Gasteiger partial charge in [-0.25, -0.2) is 8.42 Å². The second-order valence-electron chi connectivity index (χ2n) is 6.09. The van der Waals surface area contributed by atoms with Gasteiger partial charge >= 0.3 is 0 Å². The zero-order valence-electron chi connectivity index (χ0n) is 14.7. The van der Waals surface area contributed by atoms with Crippen molar-refractivity contribution in [2.45, 2.75) is 31.3 Å². The van der Waals surface area contributed by atoms with Crippen molar-refractivity contribution in [1.29, 1.82) is 0 Å². The summed E-state index contributed by atoms with van der Waals surface area (Å²) in [6.45, 7) is 4.63. The van der Waals surface area contributed by atoms with Crippen LogP contribution < -0.4 is 4.72 Å². The summed E-state index contributed by atoms with van der Waals surface area (Å²) in [5.74, 6) is 0.0737. The van der Waals surface area contributed by atoms with Gasteiger partial charge in [-0.15, -0.1) is 0 Å². The lowest BCUT2D eigenvalue weighted by Gasteiger charge is -2.23. The molecule has 7 heteroatoms. The van der Waals surface area contributed by atoms with Crippen molar-refractivity contribution >= 4 is 21.8 Å². The fraction of sp³-hybridized carbons (Fsp3) is 0.263. The van der Waals surface area contributed by atoms with Gasteiger partial charge in [-0.05, 0) is 31.5 Å². The van der Waals surface area contributed by atoms with E-state index in [1.54, 1.807) is 30.0 Å². The van der Waals surface area contributed by atoms with E-state index in [1.807, 2.05) is 37.3 Å². The maximum Gasteiger partial charge on any atom is 0.263 e. The quantitative estimate of drug-likeness (QED) is 0.875. The van der Waals surface area contributed by atoms with Crippen molar-refractivity contribution in [2.24, 2.45) is 4.99 Å². The topological polar surface area (TPSA) is 78.8 Å². The maximum atomic E-state index is 12.8. The van der Waals surface area contributed by atoms with Crippen LogP contribution in [0.15, 0.2) is 64.5 Å². The number of likely N-dealkylation sites (N-methyl/N-ethyl adjacent to an activating group) is 1. The minimum absolute atomic E-state index is 0.146. The van der Waals surface area contributed by atoms with Crippen molar-refractivity contribution in [3.63, 3.8) is 0 Å². The highest BCUT2D eigenvalue weighted by Gasteiger charge is 2.31. The summed E-state index contributed by atoms with van der Waals surface area (Å²) < 4.78 is 26.8. The van der Waals surface area contributed by atoms with E-state index in [0.717, 1.165) is 5.56 Å². The number of hydrogen-bond donors (Lipinski definition) is 1. The molecule has 0 aliphatic carbocycles. The summed E-state index contributed by atoms with van der Waals surface area (Å²) in [6.07, 6.45) is 0. The van der Waals surface area contributed by atoms with Gasteiger partial charge in [0, 0.05) is 18.7 Å². The Bertz CT molecular complexity index is 940. The number of fused-ring (bicyclic) bond motifs is 1. The van der Waals surface area contributed by atoms with Crippen molar-refractivity contribution in [2.75, 3.05) is 6.54 Å². The van der Waals surface area contributed by atoms with Gasteiger partial charge in [0.15, 0.2) is 0 Å². The fourth-order valence-electron chi connectivity index (χ4n) is 2.89. The van der Waals surface area contributed by atoms with E-state index < -0.39 is 16.1 Å². The Hall–Kier alpha value is -2.67. The van der Waals surface area contributed by atoms with Crippen LogP contribution >= 0.6 is 0 Å². The molecule has 1 unspecified atom stereocenters. The van der Waals surface area contributed by atoms with Gasteiger partial charge in [0.05, 0.1) is 4.90 Å². The highest BCUT2D eigenvalue weighted by atomic mass is 32.2. The molecular weight excluding hydrogens is 350 g/mol. The van der Waals surface area contributed by atoms with Crippen LogP contribution in [0.2, 0.25) is 0 Å². The largest absolute Gasteiger partial charge is 0.337 e. The average Bonchev–Trinajstić information content (AvgIpc) is 2.90. The van der Waals surface area contributed by atoms with Gasteiger partial charge < -0.3 is 4.90 Å². The first kappa shape index (κ1) is 18.1. The molecule has 1 atom stereocenters. The van der Waals surface area contributed by atoms with Crippen LogP contribution in [0.1, 0.15) is 25.0 Å². The number of sulfonamides is 1. The third-order valence-electron chi connectivity index (χ3n) is 4.25. The first-order valence-electron chi connectivity index (χ1n) is 8.45. The number of aliphatic imine (C=N–C) groups is 1. The molecule has 2 aromatic carbocycles. The Labute approximate surface area is 153 Å². The monoisotopic (exact) mass is 371 g/mol. The number of nitrogens with zero attached hydrogens (tertiary/aromatic N) is 2. The maximum absolute atomic E-state index is 12.8. The van der Waals surface area contributed by atoms with E-state index >= 15 is 0 Å². The number of hydrogen-bond acceptors (Lipinski definition) is 4. The summed E-state index contributed by atoms with van der Waals surface area (Å²) in [5.41, 5.74) is 1.53. The zero-order valence-corrected chi connectivity index (χ0v) is 15.5. The van der Waals surface area contributed by atoms with E-state index in [4.69, 9.17) is 0 Å².